The summed E-state index contributed by atoms with van der Waals surface area (Å²) < 4.78 is 0. The Morgan fingerprint density at radius 2 is 1.83 bits per heavy atom. The first-order chi connectivity index (χ1) is 8.58. The van der Waals surface area contributed by atoms with Crippen molar-refractivity contribution in [3.63, 3.8) is 0 Å². The lowest BCUT2D eigenvalue weighted by molar-refractivity contribution is 0.262. The maximum absolute atomic E-state index is 2.46. The van der Waals surface area contributed by atoms with Gasteiger partial charge in [-0.2, -0.15) is 0 Å². The summed E-state index contributed by atoms with van der Waals surface area (Å²) in [5.74, 6) is 0.761. The second-order valence-corrected chi connectivity index (χ2v) is 6.55. The molecule has 0 aliphatic heterocycles. The molecular weight excluding hydrogens is 216 g/mol. The topological polar surface area (TPSA) is 0 Å². The van der Waals surface area contributed by atoms with Gasteiger partial charge in [0.25, 0.3) is 0 Å². The van der Waals surface area contributed by atoms with E-state index in [2.05, 4.69) is 57.2 Å². The SMILES string of the molecule is CC1=CC2=C(c3ccccc3)CC(C)(C)C2CC1. The minimum absolute atomic E-state index is 0.428. The molecule has 0 spiro atoms. The lowest BCUT2D eigenvalue weighted by atomic mass is 9.73. The first-order valence-corrected chi connectivity index (χ1v) is 7.03. The van der Waals surface area contributed by atoms with Crippen molar-refractivity contribution >= 4 is 5.57 Å². The largest absolute Gasteiger partial charge is 0.0730 e. The Labute approximate surface area is 110 Å². The highest BCUT2D eigenvalue weighted by Gasteiger charge is 2.40. The number of benzene rings is 1. The van der Waals surface area contributed by atoms with Gasteiger partial charge in [-0.05, 0) is 54.2 Å². The smallest absolute Gasteiger partial charge is 0.0101 e. The summed E-state index contributed by atoms with van der Waals surface area (Å²) in [5, 5.41) is 0. The molecule has 0 saturated heterocycles. The van der Waals surface area contributed by atoms with Crippen LogP contribution in [0.3, 0.4) is 0 Å². The molecule has 94 valence electrons. The van der Waals surface area contributed by atoms with E-state index in [1.54, 1.807) is 16.7 Å². The van der Waals surface area contributed by atoms with Crippen LogP contribution in [0.25, 0.3) is 5.57 Å². The summed E-state index contributed by atoms with van der Waals surface area (Å²) in [6.45, 7) is 7.14. The molecule has 18 heavy (non-hydrogen) atoms. The van der Waals surface area contributed by atoms with Crippen LogP contribution in [0, 0.1) is 11.3 Å². The monoisotopic (exact) mass is 238 g/mol. The van der Waals surface area contributed by atoms with Crippen molar-refractivity contribution in [2.75, 3.05) is 0 Å². The van der Waals surface area contributed by atoms with E-state index in [-0.39, 0.29) is 0 Å². The molecule has 0 heteroatoms. The Kier molecular flexibility index (Phi) is 2.69. The van der Waals surface area contributed by atoms with Gasteiger partial charge in [-0.15, -0.1) is 0 Å². The van der Waals surface area contributed by atoms with E-state index in [1.165, 1.54) is 24.8 Å². The van der Waals surface area contributed by atoms with Crippen molar-refractivity contribution in [3.05, 3.63) is 53.1 Å². The molecule has 3 rings (SSSR count). The van der Waals surface area contributed by atoms with E-state index in [9.17, 15) is 0 Å². The molecule has 0 fully saturated rings. The average molecular weight is 238 g/mol. The van der Waals surface area contributed by atoms with E-state index < -0.39 is 0 Å². The molecule has 0 amide bonds. The van der Waals surface area contributed by atoms with Gasteiger partial charge >= 0.3 is 0 Å². The van der Waals surface area contributed by atoms with Crippen molar-refractivity contribution in [2.45, 2.75) is 40.0 Å². The van der Waals surface area contributed by atoms with E-state index in [0.717, 1.165) is 5.92 Å². The first kappa shape index (κ1) is 11.8. The highest BCUT2D eigenvalue weighted by Crippen LogP contribution is 2.54. The third kappa shape index (κ3) is 1.84. The van der Waals surface area contributed by atoms with Crippen LogP contribution >= 0.6 is 0 Å². The van der Waals surface area contributed by atoms with Crippen molar-refractivity contribution in [1.82, 2.24) is 0 Å². The maximum atomic E-state index is 2.46. The molecule has 0 nitrogen and oxygen atoms in total. The number of allylic oxidation sites excluding steroid dienone is 4. The normalized spacial score (nSPS) is 25.9. The van der Waals surface area contributed by atoms with Crippen LogP contribution in [0.5, 0.6) is 0 Å². The molecule has 0 saturated carbocycles. The molecule has 1 unspecified atom stereocenters. The molecule has 0 aromatic heterocycles. The van der Waals surface area contributed by atoms with Gasteiger partial charge in [0.2, 0.25) is 0 Å². The lowest BCUT2D eigenvalue weighted by Crippen LogP contribution is -2.21. The predicted octanol–water partition coefficient (Wildman–Crippen LogP) is 5.23. The van der Waals surface area contributed by atoms with Gasteiger partial charge in [0.15, 0.2) is 0 Å². The molecule has 1 atom stereocenters. The van der Waals surface area contributed by atoms with Gasteiger partial charge in [-0.3, -0.25) is 0 Å². The summed E-state index contributed by atoms with van der Waals surface area (Å²) >= 11 is 0. The van der Waals surface area contributed by atoms with E-state index in [0.29, 0.717) is 5.41 Å². The molecule has 0 radical (unpaired) electrons. The van der Waals surface area contributed by atoms with Gasteiger partial charge < -0.3 is 0 Å². The number of hydrogen-bond donors (Lipinski definition) is 0. The Bertz CT molecular complexity index is 514. The minimum atomic E-state index is 0.428. The molecule has 1 aromatic carbocycles. The molecule has 0 heterocycles. The van der Waals surface area contributed by atoms with Gasteiger partial charge in [-0.1, -0.05) is 55.8 Å². The molecule has 0 bridgehead atoms. The van der Waals surface area contributed by atoms with Crippen molar-refractivity contribution < 1.29 is 0 Å². The van der Waals surface area contributed by atoms with Crippen molar-refractivity contribution in [3.8, 4) is 0 Å². The fraction of sp³-hybridized carbons (Fsp3) is 0.444. The summed E-state index contributed by atoms with van der Waals surface area (Å²) in [6, 6.07) is 10.9. The maximum Gasteiger partial charge on any atom is -0.0101 e. The third-order valence-corrected chi connectivity index (χ3v) is 4.65. The molecular formula is C18H22. The second kappa shape index (κ2) is 4.12. The standard InChI is InChI=1S/C18H22/c1-13-9-10-17-15(11-13)16(12-18(17,2)3)14-7-5-4-6-8-14/h4-8,11,17H,9-10,12H2,1-3H3. The quantitative estimate of drug-likeness (QED) is 0.628. The Hall–Kier alpha value is -1.30. The zero-order chi connectivity index (χ0) is 12.8. The van der Waals surface area contributed by atoms with Gasteiger partial charge in [-0.25, -0.2) is 0 Å². The summed E-state index contributed by atoms with van der Waals surface area (Å²) in [6.07, 6.45) is 6.30. The van der Waals surface area contributed by atoms with Crippen LogP contribution in [0.15, 0.2) is 47.6 Å². The summed E-state index contributed by atoms with van der Waals surface area (Å²) in [7, 11) is 0. The van der Waals surface area contributed by atoms with Gasteiger partial charge in [0, 0.05) is 0 Å². The highest BCUT2D eigenvalue weighted by atomic mass is 14.4. The van der Waals surface area contributed by atoms with Crippen LogP contribution in [-0.4, -0.2) is 0 Å². The van der Waals surface area contributed by atoms with Crippen LogP contribution in [0.1, 0.15) is 45.6 Å². The van der Waals surface area contributed by atoms with E-state index in [4.69, 9.17) is 0 Å². The third-order valence-electron chi connectivity index (χ3n) is 4.65. The Morgan fingerprint density at radius 3 is 2.56 bits per heavy atom. The van der Waals surface area contributed by atoms with E-state index in [1.807, 2.05) is 0 Å². The van der Waals surface area contributed by atoms with Gasteiger partial charge in [0.1, 0.15) is 0 Å². The summed E-state index contributed by atoms with van der Waals surface area (Å²) in [4.78, 5) is 0. The predicted molar refractivity (Wildman–Crippen MR) is 78.2 cm³/mol. The summed E-state index contributed by atoms with van der Waals surface area (Å²) in [5.41, 5.74) is 6.61. The van der Waals surface area contributed by atoms with Crippen LogP contribution in [0.2, 0.25) is 0 Å². The molecule has 1 aromatic rings. The van der Waals surface area contributed by atoms with Gasteiger partial charge in [0.05, 0.1) is 0 Å². The minimum Gasteiger partial charge on any atom is -0.0730 e. The molecule has 0 N–H and O–H groups in total. The fourth-order valence-corrected chi connectivity index (χ4v) is 3.66. The highest BCUT2D eigenvalue weighted by molar-refractivity contribution is 5.75. The van der Waals surface area contributed by atoms with Crippen LogP contribution in [-0.2, 0) is 0 Å². The molecule has 2 aliphatic carbocycles. The number of hydrogen-bond acceptors (Lipinski definition) is 0. The zero-order valence-electron chi connectivity index (χ0n) is 11.7. The van der Waals surface area contributed by atoms with Crippen molar-refractivity contribution in [2.24, 2.45) is 11.3 Å². The van der Waals surface area contributed by atoms with Crippen LogP contribution in [0.4, 0.5) is 0 Å². The average Bonchev–Trinajstić information content (AvgIpc) is 2.62. The Morgan fingerprint density at radius 1 is 1.11 bits per heavy atom. The van der Waals surface area contributed by atoms with E-state index >= 15 is 0 Å². The lowest BCUT2D eigenvalue weighted by Gasteiger charge is -2.31. The zero-order valence-corrected chi connectivity index (χ0v) is 11.7. The number of fused-ring (bicyclic) bond motifs is 1. The Balaban J connectivity index is 2.12. The molecule has 2 aliphatic rings. The fourth-order valence-electron chi connectivity index (χ4n) is 3.66. The number of rotatable bonds is 1. The van der Waals surface area contributed by atoms with Crippen LogP contribution < -0.4 is 0 Å². The first-order valence-electron chi connectivity index (χ1n) is 7.03. The van der Waals surface area contributed by atoms with Crippen molar-refractivity contribution in [1.29, 1.82) is 0 Å². The second-order valence-electron chi connectivity index (χ2n) is 6.55.